The lowest BCUT2D eigenvalue weighted by atomic mass is 9.49. The predicted octanol–water partition coefficient (Wildman–Crippen LogP) is 0.359. The van der Waals surface area contributed by atoms with Crippen LogP contribution in [-0.2, 0) is 19.1 Å². The number of carbonyl (C=O) groups is 3. The number of rotatable bonds is 7. The van der Waals surface area contributed by atoms with Crippen molar-refractivity contribution in [2.75, 3.05) is 20.3 Å². The van der Waals surface area contributed by atoms with Crippen LogP contribution in [0.3, 0.4) is 0 Å². The fraction of sp³-hybridized carbons (Fsp3) is 0.833. The minimum Gasteiger partial charge on any atom is -0.467 e. The standard InChI is InChI=1S/C18H28N2O5/c1-25-17(24)14(10-21)20-16(23)9-19-15(22)8-18-5-11-2-12(6-18)4-13(3-11)7-18/h11-14,21H,2-10H2,1H3,(H,19,22)(H,20,23)/t11?,12?,13?,14-,18?/m1/s1. The van der Waals surface area contributed by atoms with Crippen molar-refractivity contribution >= 4 is 17.8 Å². The zero-order valence-corrected chi connectivity index (χ0v) is 14.8. The molecule has 0 aromatic carbocycles. The number of aliphatic hydroxyl groups is 1. The highest BCUT2D eigenvalue weighted by Crippen LogP contribution is 2.61. The van der Waals surface area contributed by atoms with Crippen LogP contribution in [0.4, 0.5) is 0 Å². The molecule has 7 nitrogen and oxygen atoms in total. The van der Waals surface area contributed by atoms with Gasteiger partial charge in [0.25, 0.3) is 0 Å². The minimum absolute atomic E-state index is 0.101. The zero-order chi connectivity index (χ0) is 18.0. The Kier molecular flexibility index (Phi) is 5.32. The van der Waals surface area contributed by atoms with Crippen molar-refractivity contribution in [2.24, 2.45) is 23.2 Å². The average Bonchev–Trinajstić information content (AvgIpc) is 2.55. The normalized spacial score (nSPS) is 33.6. The van der Waals surface area contributed by atoms with Crippen LogP contribution in [0.2, 0.25) is 0 Å². The van der Waals surface area contributed by atoms with Gasteiger partial charge in [-0.1, -0.05) is 0 Å². The van der Waals surface area contributed by atoms with Gasteiger partial charge in [-0.05, 0) is 61.7 Å². The third-order valence-corrected chi connectivity index (χ3v) is 6.15. The number of hydrogen-bond donors (Lipinski definition) is 3. The number of amides is 2. The van der Waals surface area contributed by atoms with Gasteiger partial charge in [0.1, 0.15) is 0 Å². The molecule has 0 unspecified atom stereocenters. The molecule has 7 heteroatoms. The van der Waals surface area contributed by atoms with E-state index in [0.717, 1.165) is 37.0 Å². The first-order valence-electron chi connectivity index (χ1n) is 9.18. The number of esters is 1. The lowest BCUT2D eigenvalue weighted by molar-refractivity contribution is -0.146. The Bertz CT molecular complexity index is 512. The lowest BCUT2D eigenvalue weighted by Gasteiger charge is -2.56. The molecule has 140 valence electrons. The third kappa shape index (κ3) is 4.14. The molecule has 0 aromatic heterocycles. The van der Waals surface area contributed by atoms with Gasteiger partial charge < -0.3 is 20.5 Å². The van der Waals surface area contributed by atoms with Gasteiger partial charge in [-0.2, -0.15) is 0 Å². The molecule has 0 saturated heterocycles. The molecular weight excluding hydrogens is 324 g/mol. The number of aliphatic hydroxyl groups excluding tert-OH is 1. The van der Waals surface area contributed by atoms with E-state index in [9.17, 15) is 14.4 Å². The van der Waals surface area contributed by atoms with Crippen molar-refractivity contribution in [3.8, 4) is 0 Å². The quantitative estimate of drug-likeness (QED) is 0.574. The summed E-state index contributed by atoms with van der Waals surface area (Å²) in [6.07, 6.45) is 7.93. The van der Waals surface area contributed by atoms with E-state index in [-0.39, 0.29) is 17.9 Å². The van der Waals surface area contributed by atoms with Crippen molar-refractivity contribution < 1.29 is 24.2 Å². The van der Waals surface area contributed by atoms with Crippen molar-refractivity contribution in [1.29, 1.82) is 0 Å². The van der Waals surface area contributed by atoms with E-state index < -0.39 is 24.5 Å². The van der Waals surface area contributed by atoms with Crippen LogP contribution in [-0.4, -0.2) is 49.2 Å². The highest BCUT2D eigenvalue weighted by Gasteiger charge is 2.51. The van der Waals surface area contributed by atoms with Gasteiger partial charge in [0.15, 0.2) is 6.04 Å². The summed E-state index contributed by atoms with van der Waals surface area (Å²) in [5.74, 6) is 1.03. The van der Waals surface area contributed by atoms with Crippen LogP contribution in [0.15, 0.2) is 0 Å². The molecule has 25 heavy (non-hydrogen) atoms. The molecule has 4 fully saturated rings. The van der Waals surface area contributed by atoms with Gasteiger partial charge in [-0.25, -0.2) is 4.79 Å². The molecule has 4 bridgehead atoms. The van der Waals surface area contributed by atoms with E-state index in [4.69, 9.17) is 5.11 Å². The number of nitrogens with one attached hydrogen (secondary N) is 2. The largest absolute Gasteiger partial charge is 0.467 e. The predicted molar refractivity (Wildman–Crippen MR) is 89.3 cm³/mol. The number of methoxy groups -OCH3 is 1. The van der Waals surface area contributed by atoms with E-state index in [1.807, 2.05) is 0 Å². The lowest BCUT2D eigenvalue weighted by Crippen LogP contribution is -2.50. The smallest absolute Gasteiger partial charge is 0.330 e. The molecule has 0 radical (unpaired) electrons. The van der Waals surface area contributed by atoms with Gasteiger partial charge in [0.05, 0.1) is 20.3 Å². The maximum absolute atomic E-state index is 12.3. The van der Waals surface area contributed by atoms with Crippen LogP contribution in [0.25, 0.3) is 0 Å². The number of carbonyl (C=O) groups excluding carboxylic acids is 3. The topological polar surface area (TPSA) is 105 Å². The molecule has 0 aliphatic heterocycles. The second-order valence-electron chi connectivity index (χ2n) is 8.20. The van der Waals surface area contributed by atoms with Gasteiger partial charge in [0, 0.05) is 6.42 Å². The fourth-order valence-corrected chi connectivity index (χ4v) is 5.66. The highest BCUT2D eigenvalue weighted by atomic mass is 16.5. The molecule has 4 aliphatic carbocycles. The molecular formula is C18H28N2O5. The molecule has 4 aliphatic rings. The molecule has 0 heterocycles. The summed E-state index contributed by atoms with van der Waals surface area (Å²) in [5.41, 5.74) is 0.134. The maximum atomic E-state index is 12.3. The zero-order valence-electron chi connectivity index (χ0n) is 14.8. The fourth-order valence-electron chi connectivity index (χ4n) is 5.66. The second kappa shape index (κ2) is 7.32. The Morgan fingerprint density at radius 3 is 2.12 bits per heavy atom. The van der Waals surface area contributed by atoms with Crippen LogP contribution < -0.4 is 10.6 Å². The molecule has 0 spiro atoms. The molecule has 2 amide bonds. The number of hydrogen-bond acceptors (Lipinski definition) is 5. The summed E-state index contributed by atoms with van der Waals surface area (Å²) >= 11 is 0. The van der Waals surface area contributed by atoms with Crippen molar-refractivity contribution in [2.45, 2.75) is 51.0 Å². The van der Waals surface area contributed by atoms with E-state index in [1.54, 1.807) is 0 Å². The molecule has 4 rings (SSSR count). The molecule has 3 N–H and O–H groups in total. The summed E-state index contributed by atoms with van der Waals surface area (Å²) in [7, 11) is 1.18. The van der Waals surface area contributed by atoms with Crippen LogP contribution >= 0.6 is 0 Å². The van der Waals surface area contributed by atoms with Gasteiger partial charge in [-0.15, -0.1) is 0 Å². The summed E-state index contributed by atoms with van der Waals surface area (Å²) in [4.78, 5) is 35.5. The Morgan fingerprint density at radius 1 is 1.08 bits per heavy atom. The first-order valence-corrected chi connectivity index (χ1v) is 9.18. The van der Waals surface area contributed by atoms with Crippen LogP contribution in [0, 0.1) is 23.2 Å². The Hall–Kier alpha value is -1.63. The first kappa shape index (κ1) is 18.2. The first-order chi connectivity index (χ1) is 11.9. The van der Waals surface area contributed by atoms with Gasteiger partial charge in [0.2, 0.25) is 11.8 Å². The highest BCUT2D eigenvalue weighted by molar-refractivity contribution is 5.88. The minimum atomic E-state index is -1.10. The van der Waals surface area contributed by atoms with Gasteiger partial charge >= 0.3 is 5.97 Å². The molecule has 0 aromatic rings. The van der Waals surface area contributed by atoms with Gasteiger partial charge in [-0.3, -0.25) is 9.59 Å². The van der Waals surface area contributed by atoms with E-state index >= 15 is 0 Å². The van der Waals surface area contributed by atoms with E-state index in [2.05, 4.69) is 15.4 Å². The van der Waals surface area contributed by atoms with E-state index in [1.165, 1.54) is 26.4 Å². The summed E-state index contributed by atoms with van der Waals surface area (Å²) in [6.45, 7) is -0.738. The van der Waals surface area contributed by atoms with Crippen molar-refractivity contribution in [3.63, 3.8) is 0 Å². The third-order valence-electron chi connectivity index (χ3n) is 6.15. The number of ether oxygens (including phenoxy) is 1. The summed E-state index contributed by atoms with van der Waals surface area (Å²) in [5, 5.41) is 14.1. The Labute approximate surface area is 147 Å². The van der Waals surface area contributed by atoms with Crippen LogP contribution in [0.5, 0.6) is 0 Å². The molecule has 1 atom stereocenters. The average molecular weight is 352 g/mol. The van der Waals surface area contributed by atoms with Crippen molar-refractivity contribution in [3.05, 3.63) is 0 Å². The monoisotopic (exact) mass is 352 g/mol. The molecule has 4 saturated carbocycles. The van der Waals surface area contributed by atoms with E-state index in [0.29, 0.717) is 6.42 Å². The maximum Gasteiger partial charge on any atom is 0.330 e. The Morgan fingerprint density at radius 2 is 1.64 bits per heavy atom. The summed E-state index contributed by atoms with van der Waals surface area (Å²) in [6, 6.07) is -1.10. The van der Waals surface area contributed by atoms with Crippen molar-refractivity contribution in [1.82, 2.24) is 10.6 Å². The van der Waals surface area contributed by atoms with Crippen LogP contribution in [0.1, 0.15) is 44.9 Å². The SMILES string of the molecule is COC(=O)[C@@H](CO)NC(=O)CNC(=O)CC12CC3CC(CC(C3)C1)C2. The Balaban J connectivity index is 1.45. The summed E-state index contributed by atoms with van der Waals surface area (Å²) < 4.78 is 4.49. The second-order valence-corrected chi connectivity index (χ2v) is 8.20.